The molecule has 0 bridgehead atoms. The van der Waals surface area contributed by atoms with Crippen molar-refractivity contribution in [2.75, 3.05) is 27.3 Å². The van der Waals surface area contributed by atoms with Gasteiger partial charge in [0.1, 0.15) is 0 Å². The first-order chi connectivity index (χ1) is 10.0. The Morgan fingerprint density at radius 1 is 1.38 bits per heavy atom. The maximum atomic E-state index is 11.9. The molecule has 1 atom stereocenters. The second-order valence-electron chi connectivity index (χ2n) is 4.57. The molecule has 0 N–H and O–H groups in total. The lowest BCUT2D eigenvalue weighted by atomic mass is 10.2. The maximum absolute atomic E-state index is 11.9. The highest BCUT2D eigenvalue weighted by Gasteiger charge is 2.14. The van der Waals surface area contributed by atoms with Gasteiger partial charge in [0.25, 0.3) is 5.91 Å². The maximum Gasteiger partial charge on any atom is 0.260 e. The molecule has 0 aliphatic heterocycles. The average Bonchev–Trinajstić information content (AvgIpc) is 2.51. The minimum absolute atomic E-state index is 0.156. The Labute approximate surface area is 124 Å². The molecule has 0 fully saturated rings. The molecular formula is C15H17N3O3. The van der Waals surface area contributed by atoms with E-state index in [2.05, 4.69) is 6.07 Å². The fourth-order valence-corrected chi connectivity index (χ4v) is 1.66. The number of carbonyl (C=O) groups excluding carboxylic acids is 1. The molecule has 1 amide bonds. The van der Waals surface area contributed by atoms with Gasteiger partial charge in [0, 0.05) is 19.7 Å². The lowest BCUT2D eigenvalue weighted by Gasteiger charge is -2.19. The van der Waals surface area contributed by atoms with Crippen LogP contribution >= 0.6 is 0 Å². The highest BCUT2D eigenvalue weighted by molar-refractivity contribution is 5.77. The molecule has 1 aromatic carbocycles. The minimum atomic E-state index is -0.233. The number of benzene rings is 1. The zero-order valence-corrected chi connectivity index (χ0v) is 12.3. The van der Waals surface area contributed by atoms with Gasteiger partial charge in [-0.15, -0.1) is 0 Å². The van der Waals surface area contributed by atoms with Crippen LogP contribution in [0.1, 0.15) is 12.5 Å². The number of hydrogen-bond donors (Lipinski definition) is 0. The molecule has 0 aliphatic carbocycles. The summed E-state index contributed by atoms with van der Waals surface area (Å²) >= 11 is 0. The zero-order valence-electron chi connectivity index (χ0n) is 12.3. The molecule has 1 unspecified atom stereocenters. The molecule has 1 aromatic rings. The first kappa shape index (κ1) is 16.3. The van der Waals surface area contributed by atoms with Crippen LogP contribution in [0.2, 0.25) is 0 Å². The van der Waals surface area contributed by atoms with E-state index in [0.717, 1.165) is 0 Å². The molecule has 0 saturated heterocycles. The molecular weight excluding hydrogens is 270 g/mol. The lowest BCUT2D eigenvalue weighted by Crippen LogP contribution is -2.34. The van der Waals surface area contributed by atoms with Crippen molar-refractivity contribution in [2.45, 2.75) is 6.92 Å². The Hall–Kier alpha value is -2.73. The fourth-order valence-electron chi connectivity index (χ4n) is 1.66. The summed E-state index contributed by atoms with van der Waals surface area (Å²) in [5.41, 5.74) is 0.450. The summed E-state index contributed by atoms with van der Waals surface area (Å²) in [5, 5.41) is 17.5. The summed E-state index contributed by atoms with van der Waals surface area (Å²) in [6.07, 6.45) is 0. The Morgan fingerprint density at radius 3 is 2.67 bits per heavy atom. The van der Waals surface area contributed by atoms with Crippen molar-refractivity contribution >= 4 is 5.91 Å². The van der Waals surface area contributed by atoms with Crippen LogP contribution in [0.25, 0.3) is 0 Å². The largest absolute Gasteiger partial charge is 0.493 e. The van der Waals surface area contributed by atoms with Gasteiger partial charge in [-0.2, -0.15) is 10.5 Å². The quantitative estimate of drug-likeness (QED) is 0.792. The van der Waals surface area contributed by atoms with Crippen LogP contribution in [0, 0.1) is 28.6 Å². The van der Waals surface area contributed by atoms with Gasteiger partial charge in [-0.25, -0.2) is 0 Å². The van der Waals surface area contributed by atoms with E-state index >= 15 is 0 Å². The molecule has 0 radical (unpaired) electrons. The third kappa shape index (κ3) is 4.70. The molecule has 110 valence electrons. The standard InChI is InChI=1S/C15H17N3O3/c1-11(7-16)9-18(2)15(19)10-21-13-5-4-12(8-17)6-14(13)20-3/h4-6,11H,9-10H2,1-3H3. The van der Waals surface area contributed by atoms with Gasteiger partial charge in [0.15, 0.2) is 18.1 Å². The molecule has 6 nitrogen and oxygen atoms in total. The molecule has 0 spiro atoms. The van der Waals surface area contributed by atoms with Crippen LogP contribution in [-0.2, 0) is 4.79 Å². The predicted molar refractivity (Wildman–Crippen MR) is 75.6 cm³/mol. The number of ether oxygens (including phenoxy) is 2. The Morgan fingerprint density at radius 2 is 2.10 bits per heavy atom. The number of methoxy groups -OCH3 is 1. The monoisotopic (exact) mass is 287 g/mol. The first-order valence-electron chi connectivity index (χ1n) is 6.36. The van der Waals surface area contributed by atoms with Gasteiger partial charge < -0.3 is 14.4 Å². The van der Waals surface area contributed by atoms with Crippen LogP contribution in [0.3, 0.4) is 0 Å². The Kier molecular flexibility index (Phi) is 6.03. The van der Waals surface area contributed by atoms with E-state index in [4.69, 9.17) is 20.0 Å². The molecule has 21 heavy (non-hydrogen) atoms. The number of nitriles is 2. The van der Waals surface area contributed by atoms with Gasteiger partial charge in [0.05, 0.1) is 30.7 Å². The van der Waals surface area contributed by atoms with E-state index in [-0.39, 0.29) is 18.4 Å². The number of hydrogen-bond acceptors (Lipinski definition) is 5. The summed E-state index contributed by atoms with van der Waals surface area (Å²) < 4.78 is 10.5. The van der Waals surface area contributed by atoms with Crippen LogP contribution in [0.15, 0.2) is 18.2 Å². The Balaban J connectivity index is 2.65. The fraction of sp³-hybridized carbons (Fsp3) is 0.400. The summed E-state index contributed by atoms with van der Waals surface area (Å²) in [5.74, 6) is 0.327. The predicted octanol–water partition coefficient (Wildman–Crippen LogP) is 1.56. The van der Waals surface area contributed by atoms with Gasteiger partial charge in [-0.1, -0.05) is 0 Å². The average molecular weight is 287 g/mol. The number of rotatable bonds is 6. The second kappa shape index (κ2) is 7.76. The SMILES string of the molecule is COc1cc(C#N)ccc1OCC(=O)N(C)CC(C)C#N. The van der Waals surface area contributed by atoms with E-state index < -0.39 is 0 Å². The topological polar surface area (TPSA) is 86.3 Å². The van der Waals surface area contributed by atoms with E-state index in [1.165, 1.54) is 12.0 Å². The van der Waals surface area contributed by atoms with Gasteiger partial charge >= 0.3 is 0 Å². The van der Waals surface area contributed by atoms with E-state index in [9.17, 15) is 4.79 Å². The van der Waals surface area contributed by atoms with Crippen molar-refractivity contribution < 1.29 is 14.3 Å². The smallest absolute Gasteiger partial charge is 0.260 e. The summed E-state index contributed by atoms with van der Waals surface area (Å²) in [6.45, 7) is 1.94. The number of nitrogens with zero attached hydrogens (tertiary/aromatic N) is 3. The highest BCUT2D eigenvalue weighted by Crippen LogP contribution is 2.27. The second-order valence-corrected chi connectivity index (χ2v) is 4.57. The van der Waals surface area contributed by atoms with Crippen molar-refractivity contribution in [3.8, 4) is 23.6 Å². The molecule has 1 rings (SSSR count). The molecule has 0 saturated carbocycles. The number of carbonyl (C=O) groups is 1. The van der Waals surface area contributed by atoms with Crippen molar-refractivity contribution in [1.29, 1.82) is 10.5 Å². The highest BCUT2D eigenvalue weighted by atomic mass is 16.5. The van der Waals surface area contributed by atoms with Gasteiger partial charge in [-0.3, -0.25) is 4.79 Å². The molecule has 0 heterocycles. The van der Waals surface area contributed by atoms with E-state index in [0.29, 0.717) is 23.6 Å². The zero-order chi connectivity index (χ0) is 15.8. The van der Waals surface area contributed by atoms with Crippen LogP contribution in [-0.4, -0.2) is 38.1 Å². The Bertz CT molecular complexity index is 587. The van der Waals surface area contributed by atoms with Crippen molar-refractivity contribution in [3.05, 3.63) is 23.8 Å². The van der Waals surface area contributed by atoms with Crippen molar-refractivity contribution in [3.63, 3.8) is 0 Å². The summed E-state index contributed by atoms with van der Waals surface area (Å²) in [4.78, 5) is 13.3. The van der Waals surface area contributed by atoms with Crippen molar-refractivity contribution in [1.82, 2.24) is 4.90 Å². The number of likely N-dealkylation sites (N-methyl/N-ethyl adjacent to an activating group) is 1. The van der Waals surface area contributed by atoms with Crippen LogP contribution in [0.4, 0.5) is 0 Å². The summed E-state index contributed by atoms with van der Waals surface area (Å²) in [6, 6.07) is 8.78. The normalized spacial score (nSPS) is 10.9. The van der Waals surface area contributed by atoms with Gasteiger partial charge in [0.2, 0.25) is 0 Å². The third-order valence-electron chi connectivity index (χ3n) is 2.84. The first-order valence-corrected chi connectivity index (χ1v) is 6.36. The lowest BCUT2D eigenvalue weighted by molar-refractivity contribution is -0.132. The van der Waals surface area contributed by atoms with Crippen LogP contribution < -0.4 is 9.47 Å². The minimum Gasteiger partial charge on any atom is -0.493 e. The molecule has 0 aromatic heterocycles. The van der Waals surface area contributed by atoms with E-state index in [1.54, 1.807) is 32.2 Å². The molecule has 6 heteroatoms. The van der Waals surface area contributed by atoms with E-state index in [1.807, 2.05) is 6.07 Å². The van der Waals surface area contributed by atoms with Crippen LogP contribution in [0.5, 0.6) is 11.5 Å². The molecule has 0 aliphatic rings. The summed E-state index contributed by atoms with van der Waals surface area (Å²) in [7, 11) is 3.08. The van der Waals surface area contributed by atoms with Crippen molar-refractivity contribution in [2.24, 2.45) is 5.92 Å². The van der Waals surface area contributed by atoms with Gasteiger partial charge in [-0.05, 0) is 19.1 Å². The third-order valence-corrected chi connectivity index (χ3v) is 2.84. The number of amides is 1.